The summed E-state index contributed by atoms with van der Waals surface area (Å²) < 4.78 is 0. The number of nitrogens with one attached hydrogen (secondary N) is 2. The fourth-order valence-electron chi connectivity index (χ4n) is 6.14. The number of rotatable bonds is 2. The molecule has 0 radical (unpaired) electrons. The van der Waals surface area contributed by atoms with Gasteiger partial charge in [0.15, 0.2) is 0 Å². The van der Waals surface area contributed by atoms with Crippen LogP contribution in [0.3, 0.4) is 0 Å². The van der Waals surface area contributed by atoms with Crippen LogP contribution in [0.1, 0.15) is 64.7 Å². The molecule has 5 heteroatoms. The van der Waals surface area contributed by atoms with Crippen LogP contribution < -0.4 is 10.6 Å². The van der Waals surface area contributed by atoms with E-state index in [-0.39, 0.29) is 23.5 Å². The summed E-state index contributed by atoms with van der Waals surface area (Å²) in [5.74, 6) is 0.936. The van der Waals surface area contributed by atoms with E-state index in [0.717, 1.165) is 25.3 Å². The van der Waals surface area contributed by atoms with Crippen molar-refractivity contribution in [3.8, 4) is 0 Å². The lowest BCUT2D eigenvalue weighted by Crippen LogP contribution is -2.69. The predicted octanol–water partition coefficient (Wildman–Crippen LogP) is 2.41. The lowest BCUT2D eigenvalue weighted by atomic mass is 9.43. The van der Waals surface area contributed by atoms with Crippen LogP contribution in [0.4, 0.5) is 4.79 Å². The van der Waals surface area contributed by atoms with Gasteiger partial charge in [0.2, 0.25) is 5.91 Å². The van der Waals surface area contributed by atoms with Gasteiger partial charge in [0.05, 0.1) is 0 Å². The Hall–Kier alpha value is -1.26. The number of nitrogens with zero attached hydrogens (tertiary/aromatic N) is 1. The van der Waals surface area contributed by atoms with Gasteiger partial charge in [0, 0.05) is 31.6 Å². The lowest BCUT2D eigenvalue weighted by Gasteiger charge is -2.65. The Labute approximate surface area is 138 Å². The zero-order valence-electron chi connectivity index (χ0n) is 14.2. The number of carbonyl (C=O) groups excluding carboxylic acids is 2. The number of hydrogen-bond donors (Lipinski definition) is 2. The fraction of sp³-hybridized carbons (Fsp3) is 0.889. The summed E-state index contributed by atoms with van der Waals surface area (Å²) in [6.45, 7) is 3.08. The standard InChI is InChI=1S/C18H29N3O2/c1-13(22)21-7-3-5-15(10-21)19-16(23)20-18-9-14-4-2-6-17(8-14,11-18)12-18/h14-15H,2-12H2,1H3,(H2,19,20,23). The van der Waals surface area contributed by atoms with Gasteiger partial charge in [0.25, 0.3) is 0 Å². The lowest BCUT2D eigenvalue weighted by molar-refractivity contribution is -0.130. The van der Waals surface area contributed by atoms with Crippen molar-refractivity contribution in [3.63, 3.8) is 0 Å². The molecule has 0 aromatic heterocycles. The molecule has 2 unspecified atom stereocenters. The van der Waals surface area contributed by atoms with Crippen LogP contribution in [0.2, 0.25) is 0 Å². The third kappa shape index (κ3) is 2.83. The molecule has 1 saturated heterocycles. The van der Waals surface area contributed by atoms with Gasteiger partial charge >= 0.3 is 6.03 Å². The molecule has 23 heavy (non-hydrogen) atoms. The Morgan fingerprint density at radius 1 is 1.13 bits per heavy atom. The highest BCUT2D eigenvalue weighted by atomic mass is 16.2. The molecule has 4 aliphatic carbocycles. The molecular weight excluding hydrogens is 290 g/mol. The molecule has 2 atom stereocenters. The summed E-state index contributed by atoms with van der Waals surface area (Å²) in [4.78, 5) is 25.8. The second kappa shape index (κ2) is 5.38. The Morgan fingerprint density at radius 3 is 2.70 bits per heavy atom. The number of piperidine rings is 1. The first-order valence-corrected chi connectivity index (χ1v) is 9.32. The maximum absolute atomic E-state index is 12.5. The van der Waals surface area contributed by atoms with E-state index in [1.165, 1.54) is 44.9 Å². The zero-order valence-corrected chi connectivity index (χ0v) is 14.2. The van der Waals surface area contributed by atoms with Crippen molar-refractivity contribution in [1.82, 2.24) is 15.5 Å². The van der Waals surface area contributed by atoms with Gasteiger partial charge in [-0.15, -0.1) is 0 Å². The quantitative estimate of drug-likeness (QED) is 0.821. The van der Waals surface area contributed by atoms with Crippen molar-refractivity contribution in [3.05, 3.63) is 0 Å². The zero-order chi connectivity index (χ0) is 16.1. The Balaban J connectivity index is 1.32. The van der Waals surface area contributed by atoms with Crippen LogP contribution in [0.5, 0.6) is 0 Å². The van der Waals surface area contributed by atoms with Crippen molar-refractivity contribution in [2.24, 2.45) is 11.3 Å². The first kappa shape index (κ1) is 15.3. The molecule has 3 amide bonds. The molecule has 5 fully saturated rings. The first-order chi connectivity index (χ1) is 11.0. The molecule has 4 saturated carbocycles. The van der Waals surface area contributed by atoms with Crippen LogP contribution in [0.25, 0.3) is 0 Å². The minimum Gasteiger partial charge on any atom is -0.341 e. The highest BCUT2D eigenvalue weighted by Crippen LogP contribution is 2.65. The summed E-state index contributed by atoms with van der Waals surface area (Å²) in [6.07, 6.45) is 11.0. The molecule has 0 aromatic rings. The average molecular weight is 319 g/mol. The molecule has 2 N–H and O–H groups in total. The van der Waals surface area contributed by atoms with E-state index >= 15 is 0 Å². The van der Waals surface area contributed by atoms with E-state index in [4.69, 9.17) is 0 Å². The smallest absolute Gasteiger partial charge is 0.315 e. The number of likely N-dealkylation sites (tertiary alicyclic amines) is 1. The molecule has 5 nitrogen and oxygen atoms in total. The molecular formula is C18H29N3O2. The van der Waals surface area contributed by atoms with Crippen LogP contribution >= 0.6 is 0 Å². The van der Waals surface area contributed by atoms with Gasteiger partial charge in [-0.05, 0) is 56.3 Å². The molecule has 0 aromatic carbocycles. The Morgan fingerprint density at radius 2 is 1.96 bits per heavy atom. The van der Waals surface area contributed by atoms with E-state index in [9.17, 15) is 9.59 Å². The van der Waals surface area contributed by atoms with Gasteiger partial charge in [0.1, 0.15) is 0 Å². The highest BCUT2D eigenvalue weighted by molar-refractivity contribution is 5.76. The van der Waals surface area contributed by atoms with Gasteiger partial charge in [-0.1, -0.05) is 12.8 Å². The summed E-state index contributed by atoms with van der Waals surface area (Å²) in [6, 6.07) is 0.0800. The molecule has 1 spiro atoms. The monoisotopic (exact) mass is 319 g/mol. The summed E-state index contributed by atoms with van der Waals surface area (Å²) >= 11 is 0. The molecule has 1 aliphatic heterocycles. The second-order valence-corrected chi connectivity index (χ2v) is 8.70. The number of urea groups is 1. The molecule has 5 rings (SSSR count). The first-order valence-electron chi connectivity index (χ1n) is 9.32. The molecule has 3 bridgehead atoms. The molecule has 5 aliphatic rings. The Bertz CT molecular complexity index is 507. The number of amides is 3. The minimum atomic E-state index is -0.0183. The molecule has 1 heterocycles. The van der Waals surface area contributed by atoms with E-state index < -0.39 is 0 Å². The second-order valence-electron chi connectivity index (χ2n) is 8.70. The maximum Gasteiger partial charge on any atom is 0.315 e. The minimum absolute atomic E-state index is 0.0183. The van der Waals surface area contributed by atoms with E-state index in [1.54, 1.807) is 6.92 Å². The Kier molecular flexibility index (Phi) is 3.58. The summed E-state index contributed by atoms with van der Waals surface area (Å²) in [7, 11) is 0. The van der Waals surface area contributed by atoms with E-state index in [1.807, 2.05) is 4.90 Å². The van der Waals surface area contributed by atoms with Crippen molar-refractivity contribution in [2.75, 3.05) is 13.1 Å². The molecule has 128 valence electrons. The van der Waals surface area contributed by atoms with Crippen molar-refractivity contribution < 1.29 is 9.59 Å². The number of hydrogen-bond acceptors (Lipinski definition) is 2. The third-order valence-electron chi connectivity index (χ3n) is 6.73. The topological polar surface area (TPSA) is 61.4 Å². The number of carbonyl (C=O) groups is 2. The summed E-state index contributed by atoms with van der Waals surface area (Å²) in [5, 5.41) is 6.44. The van der Waals surface area contributed by atoms with Crippen LogP contribution in [-0.4, -0.2) is 41.5 Å². The normalized spacial score (nSPS) is 41.7. The van der Waals surface area contributed by atoms with Crippen molar-refractivity contribution in [1.29, 1.82) is 0 Å². The van der Waals surface area contributed by atoms with Gasteiger partial charge < -0.3 is 15.5 Å². The SMILES string of the molecule is CC(=O)N1CCCC(NC(=O)NC23CC4CCCC(C4)(C2)C3)C1. The van der Waals surface area contributed by atoms with Crippen molar-refractivity contribution >= 4 is 11.9 Å². The average Bonchev–Trinajstić information content (AvgIpc) is 2.45. The summed E-state index contributed by atoms with van der Waals surface area (Å²) in [5.41, 5.74) is 0.632. The highest BCUT2D eigenvalue weighted by Gasteiger charge is 2.61. The van der Waals surface area contributed by atoms with Gasteiger partial charge in [-0.2, -0.15) is 0 Å². The fourth-order valence-corrected chi connectivity index (χ4v) is 6.14. The van der Waals surface area contributed by atoms with Gasteiger partial charge in [-0.3, -0.25) is 4.79 Å². The van der Waals surface area contributed by atoms with Gasteiger partial charge in [-0.25, -0.2) is 4.79 Å². The maximum atomic E-state index is 12.5. The van der Waals surface area contributed by atoms with Crippen molar-refractivity contribution in [2.45, 2.75) is 76.3 Å². The third-order valence-corrected chi connectivity index (χ3v) is 6.73. The van der Waals surface area contributed by atoms with E-state index in [2.05, 4.69) is 10.6 Å². The van der Waals surface area contributed by atoms with Crippen LogP contribution in [-0.2, 0) is 4.79 Å². The van der Waals surface area contributed by atoms with Crippen LogP contribution in [0.15, 0.2) is 0 Å². The predicted molar refractivity (Wildman–Crippen MR) is 87.9 cm³/mol. The van der Waals surface area contributed by atoms with E-state index in [0.29, 0.717) is 12.0 Å². The largest absolute Gasteiger partial charge is 0.341 e. The van der Waals surface area contributed by atoms with Crippen LogP contribution in [0, 0.1) is 11.3 Å².